The summed E-state index contributed by atoms with van der Waals surface area (Å²) in [5.41, 5.74) is 0.472. The van der Waals surface area contributed by atoms with Gasteiger partial charge in [-0.15, -0.1) is 0 Å². The van der Waals surface area contributed by atoms with Gasteiger partial charge in [0, 0.05) is 12.1 Å². The minimum atomic E-state index is -3.74. The molecule has 2 rings (SSSR count). The Morgan fingerprint density at radius 3 is 2.50 bits per heavy atom. The fourth-order valence-corrected chi connectivity index (χ4v) is 2.85. The number of rotatable bonds is 5. The molecular weight excluding hydrogens is 308 g/mol. The van der Waals surface area contributed by atoms with Crippen LogP contribution in [-0.2, 0) is 24.3 Å². The van der Waals surface area contributed by atoms with E-state index < -0.39 is 10.0 Å². The fourth-order valence-electron chi connectivity index (χ4n) is 2.33. The number of hydrogen-bond acceptors (Lipinski definition) is 5. The van der Waals surface area contributed by atoms with Crippen molar-refractivity contribution in [2.75, 3.05) is 5.32 Å². The number of ether oxygens (including phenoxy) is 1. The van der Waals surface area contributed by atoms with Gasteiger partial charge >= 0.3 is 5.97 Å². The Kier molecular flexibility index (Phi) is 4.82. The van der Waals surface area contributed by atoms with E-state index in [1.54, 1.807) is 0 Å². The molecule has 1 aromatic carbocycles. The third-order valence-corrected chi connectivity index (χ3v) is 4.38. The van der Waals surface area contributed by atoms with Gasteiger partial charge in [0.25, 0.3) is 0 Å². The van der Waals surface area contributed by atoms with Crippen molar-refractivity contribution in [3.63, 3.8) is 0 Å². The molecule has 0 spiro atoms. The van der Waals surface area contributed by atoms with Crippen molar-refractivity contribution >= 4 is 27.6 Å². The zero-order valence-electron chi connectivity index (χ0n) is 12.1. The van der Waals surface area contributed by atoms with Crippen molar-refractivity contribution in [1.82, 2.24) is 0 Å². The maximum absolute atomic E-state index is 11.8. The van der Waals surface area contributed by atoms with Crippen LogP contribution in [0.3, 0.4) is 0 Å². The zero-order valence-corrected chi connectivity index (χ0v) is 12.9. The molecule has 1 aliphatic heterocycles. The molecule has 0 saturated carbocycles. The normalized spacial score (nSPS) is 21.5. The summed E-state index contributed by atoms with van der Waals surface area (Å²) in [5, 5.41) is 7.63. The first-order valence-corrected chi connectivity index (χ1v) is 8.43. The highest BCUT2D eigenvalue weighted by Gasteiger charge is 2.31. The lowest BCUT2D eigenvalue weighted by molar-refractivity contribution is -0.143. The highest BCUT2D eigenvalue weighted by molar-refractivity contribution is 7.89. The van der Waals surface area contributed by atoms with Crippen LogP contribution in [0.15, 0.2) is 29.2 Å². The molecule has 0 bridgehead atoms. The second-order valence-corrected chi connectivity index (χ2v) is 6.90. The molecule has 3 N–H and O–H groups in total. The van der Waals surface area contributed by atoms with Crippen molar-refractivity contribution in [1.29, 1.82) is 0 Å². The quantitative estimate of drug-likeness (QED) is 0.783. The number of amides is 1. The molecule has 120 valence electrons. The molecule has 7 nitrogen and oxygen atoms in total. The lowest BCUT2D eigenvalue weighted by Crippen LogP contribution is -2.16. The second kappa shape index (κ2) is 6.45. The lowest BCUT2D eigenvalue weighted by Gasteiger charge is -2.07. The van der Waals surface area contributed by atoms with Gasteiger partial charge in [-0.3, -0.25) is 9.59 Å². The van der Waals surface area contributed by atoms with Crippen LogP contribution in [0.2, 0.25) is 0 Å². The number of hydrogen-bond donors (Lipinski definition) is 2. The molecule has 22 heavy (non-hydrogen) atoms. The van der Waals surface area contributed by atoms with Crippen molar-refractivity contribution in [3.05, 3.63) is 24.3 Å². The predicted octanol–water partition coefficient (Wildman–Crippen LogP) is 1.00. The molecule has 0 unspecified atom stereocenters. The van der Waals surface area contributed by atoms with E-state index in [1.807, 2.05) is 6.92 Å². The summed E-state index contributed by atoms with van der Waals surface area (Å²) in [7, 11) is -3.74. The van der Waals surface area contributed by atoms with Crippen molar-refractivity contribution in [2.24, 2.45) is 11.1 Å². The van der Waals surface area contributed by atoms with E-state index in [0.717, 1.165) is 0 Å². The maximum Gasteiger partial charge on any atom is 0.309 e. The van der Waals surface area contributed by atoms with Crippen LogP contribution in [-0.4, -0.2) is 26.4 Å². The third-order valence-electron chi connectivity index (χ3n) is 3.45. The van der Waals surface area contributed by atoms with Crippen LogP contribution >= 0.6 is 0 Å². The number of primary sulfonamides is 1. The molecule has 1 fully saturated rings. The van der Waals surface area contributed by atoms with Gasteiger partial charge in [0.2, 0.25) is 15.9 Å². The number of esters is 1. The van der Waals surface area contributed by atoms with Gasteiger partial charge in [-0.1, -0.05) is 0 Å². The Hall–Kier alpha value is -1.93. The van der Waals surface area contributed by atoms with Gasteiger partial charge in [-0.2, -0.15) is 0 Å². The lowest BCUT2D eigenvalue weighted by atomic mass is 9.99. The smallest absolute Gasteiger partial charge is 0.309 e. The first-order valence-electron chi connectivity index (χ1n) is 6.89. The van der Waals surface area contributed by atoms with Gasteiger partial charge in [0.05, 0.1) is 16.9 Å². The molecule has 8 heteroatoms. The fraction of sp³-hybridized carbons (Fsp3) is 0.429. The van der Waals surface area contributed by atoms with Crippen LogP contribution in [0.4, 0.5) is 5.69 Å². The first-order chi connectivity index (χ1) is 10.3. The molecular formula is C14H18N2O5S. The zero-order chi connectivity index (χ0) is 16.3. The largest absolute Gasteiger partial charge is 0.462 e. The molecule has 0 radical (unpaired) electrons. The molecule has 0 aromatic heterocycles. The van der Waals surface area contributed by atoms with Crippen LogP contribution in [0, 0.1) is 5.92 Å². The van der Waals surface area contributed by atoms with E-state index in [4.69, 9.17) is 9.88 Å². The van der Waals surface area contributed by atoms with E-state index in [2.05, 4.69) is 5.32 Å². The van der Waals surface area contributed by atoms with Crippen LogP contribution < -0.4 is 10.5 Å². The second-order valence-electron chi connectivity index (χ2n) is 5.34. The summed E-state index contributed by atoms with van der Waals surface area (Å²) >= 11 is 0. The number of anilines is 1. The highest BCUT2D eigenvalue weighted by atomic mass is 32.2. The molecule has 0 aliphatic carbocycles. The van der Waals surface area contributed by atoms with E-state index >= 15 is 0 Å². The summed E-state index contributed by atoms with van der Waals surface area (Å²) < 4.78 is 27.3. The van der Waals surface area contributed by atoms with Crippen molar-refractivity contribution in [3.8, 4) is 0 Å². The minimum Gasteiger partial charge on any atom is -0.462 e. The maximum atomic E-state index is 11.8. The molecule has 1 amide bonds. The summed E-state index contributed by atoms with van der Waals surface area (Å²) in [6.45, 7) is 1.82. The van der Waals surface area contributed by atoms with Crippen LogP contribution in [0.5, 0.6) is 0 Å². The van der Waals surface area contributed by atoms with E-state index in [-0.39, 0.29) is 35.2 Å². The van der Waals surface area contributed by atoms with Crippen LogP contribution in [0.1, 0.15) is 26.2 Å². The molecule has 1 aliphatic rings. The number of carbonyl (C=O) groups excluding carboxylic acids is 2. The number of cyclic esters (lactones) is 1. The Balaban J connectivity index is 1.86. The Bertz CT molecular complexity index is 669. The van der Waals surface area contributed by atoms with Crippen LogP contribution in [0.25, 0.3) is 0 Å². The molecule has 1 aromatic rings. The Labute approximate surface area is 128 Å². The van der Waals surface area contributed by atoms with Crippen molar-refractivity contribution in [2.45, 2.75) is 37.2 Å². The number of benzene rings is 1. The third kappa shape index (κ3) is 4.28. The highest BCUT2D eigenvalue weighted by Crippen LogP contribution is 2.25. The molecule has 2 atom stereocenters. The number of carbonyl (C=O) groups is 2. The minimum absolute atomic E-state index is 0.0202. The summed E-state index contributed by atoms with van der Waals surface area (Å²) in [6, 6.07) is 5.56. The van der Waals surface area contributed by atoms with Gasteiger partial charge in [-0.25, -0.2) is 13.6 Å². The van der Waals surface area contributed by atoms with Gasteiger partial charge in [0.1, 0.15) is 0 Å². The SMILES string of the molecule is C[C@H]1C[C@@H](CCC(=O)Nc2ccc(S(N)(=O)=O)cc2)C(=O)O1. The molecule has 1 heterocycles. The average Bonchev–Trinajstić information content (AvgIpc) is 2.74. The number of nitrogens with two attached hydrogens (primary N) is 1. The van der Waals surface area contributed by atoms with Crippen molar-refractivity contribution < 1.29 is 22.7 Å². The van der Waals surface area contributed by atoms with Gasteiger partial charge in [-0.05, 0) is 44.0 Å². The Morgan fingerprint density at radius 2 is 2.00 bits per heavy atom. The topological polar surface area (TPSA) is 116 Å². The summed E-state index contributed by atoms with van der Waals surface area (Å²) in [6.07, 6.45) is 1.18. The van der Waals surface area contributed by atoms with E-state index in [1.165, 1.54) is 24.3 Å². The summed E-state index contributed by atoms with van der Waals surface area (Å²) in [4.78, 5) is 23.3. The first kappa shape index (κ1) is 16.4. The molecule has 1 saturated heterocycles. The van der Waals surface area contributed by atoms with Gasteiger partial charge in [0.15, 0.2) is 0 Å². The average molecular weight is 326 g/mol. The van der Waals surface area contributed by atoms with Gasteiger partial charge < -0.3 is 10.1 Å². The summed E-state index contributed by atoms with van der Waals surface area (Å²) in [5.74, 6) is -0.723. The standard InChI is InChI=1S/C14H18N2O5S/c1-9-8-10(14(18)21-9)2-7-13(17)16-11-3-5-12(6-4-11)22(15,19)20/h3-6,9-10H,2,7-8H2,1H3,(H,16,17)(H2,15,19,20)/t9-,10+/m0/s1. The number of nitrogens with one attached hydrogen (secondary N) is 1. The van der Waals surface area contributed by atoms with E-state index in [0.29, 0.717) is 18.5 Å². The predicted molar refractivity (Wildman–Crippen MR) is 79.3 cm³/mol. The van der Waals surface area contributed by atoms with E-state index in [9.17, 15) is 18.0 Å². The number of sulfonamides is 1. The monoisotopic (exact) mass is 326 g/mol. The Morgan fingerprint density at radius 1 is 1.36 bits per heavy atom.